The van der Waals surface area contributed by atoms with Gasteiger partial charge in [-0.2, -0.15) is 4.31 Å². The Hall–Kier alpha value is -0.960. The van der Waals surface area contributed by atoms with E-state index in [1.54, 1.807) is 0 Å². The summed E-state index contributed by atoms with van der Waals surface area (Å²) in [7, 11) is -2.37. The van der Waals surface area contributed by atoms with Crippen LogP contribution in [0.3, 0.4) is 0 Å². The lowest BCUT2D eigenvalue weighted by molar-refractivity contribution is 0.182. The summed E-state index contributed by atoms with van der Waals surface area (Å²) in [5.74, 6) is -0.617. The molecule has 0 saturated carbocycles. The highest BCUT2D eigenvalue weighted by molar-refractivity contribution is 9.10. The van der Waals surface area contributed by atoms with Crippen LogP contribution in [-0.4, -0.2) is 39.5 Å². The number of methoxy groups -OCH3 is 1. The summed E-state index contributed by atoms with van der Waals surface area (Å²) in [6.07, 6.45) is 1.46. The van der Waals surface area contributed by atoms with E-state index >= 15 is 0 Å². The topological polar surface area (TPSA) is 72.6 Å². The quantitative estimate of drug-likeness (QED) is 0.591. The molecule has 0 unspecified atom stereocenters. The lowest BCUT2D eigenvalue weighted by Gasteiger charge is -2.21. The van der Waals surface area contributed by atoms with E-state index in [2.05, 4.69) is 22.5 Å². The first-order chi connectivity index (χ1) is 9.34. The Morgan fingerprint density at radius 2 is 2.20 bits per heavy atom. The number of nitrogen functional groups attached to an aromatic ring is 1. The van der Waals surface area contributed by atoms with Crippen LogP contribution in [0.2, 0.25) is 0 Å². The minimum Gasteiger partial charge on any atom is -0.398 e. The normalized spacial score (nSPS) is 11.8. The molecule has 0 aliphatic heterocycles. The molecule has 5 nitrogen and oxygen atoms in total. The molecule has 1 aromatic rings. The van der Waals surface area contributed by atoms with Crippen LogP contribution in [0.5, 0.6) is 0 Å². The van der Waals surface area contributed by atoms with Crippen LogP contribution in [0.15, 0.2) is 34.2 Å². The molecule has 0 aliphatic rings. The second-order valence-electron chi connectivity index (χ2n) is 3.95. The van der Waals surface area contributed by atoms with Gasteiger partial charge in [-0.15, -0.1) is 6.58 Å². The molecule has 0 bridgehead atoms. The van der Waals surface area contributed by atoms with Gasteiger partial charge in [0.25, 0.3) is 0 Å². The van der Waals surface area contributed by atoms with Crippen molar-refractivity contribution in [3.05, 3.63) is 35.1 Å². The van der Waals surface area contributed by atoms with Gasteiger partial charge in [0.2, 0.25) is 10.0 Å². The van der Waals surface area contributed by atoms with Gasteiger partial charge in [-0.3, -0.25) is 0 Å². The summed E-state index contributed by atoms with van der Waals surface area (Å²) in [5.41, 5.74) is 5.47. The molecule has 0 heterocycles. The fourth-order valence-electron chi connectivity index (χ4n) is 1.55. The van der Waals surface area contributed by atoms with Gasteiger partial charge in [-0.1, -0.05) is 6.08 Å². The third-order valence-electron chi connectivity index (χ3n) is 2.55. The molecule has 0 radical (unpaired) electrons. The smallest absolute Gasteiger partial charge is 0.245 e. The highest BCUT2D eigenvalue weighted by Gasteiger charge is 2.26. The zero-order chi connectivity index (χ0) is 15.3. The minimum atomic E-state index is -3.84. The number of ether oxygens (including phenoxy) is 1. The van der Waals surface area contributed by atoms with Gasteiger partial charge in [0.05, 0.1) is 16.8 Å². The first kappa shape index (κ1) is 17.1. The second kappa shape index (κ2) is 7.16. The average Bonchev–Trinajstić information content (AvgIpc) is 2.38. The van der Waals surface area contributed by atoms with Crippen LogP contribution in [0.1, 0.15) is 0 Å². The Kier molecular flexibility index (Phi) is 6.12. The molecule has 112 valence electrons. The fraction of sp³-hybridized carbons (Fsp3) is 0.333. The Balaban J connectivity index is 3.25. The fourth-order valence-corrected chi connectivity index (χ4v) is 3.57. The molecule has 0 fully saturated rings. The third kappa shape index (κ3) is 3.78. The van der Waals surface area contributed by atoms with Crippen LogP contribution >= 0.6 is 15.9 Å². The molecule has 0 aromatic heterocycles. The maximum Gasteiger partial charge on any atom is 0.245 e. The predicted molar refractivity (Wildman–Crippen MR) is 79.3 cm³/mol. The maximum atomic E-state index is 13.3. The largest absolute Gasteiger partial charge is 0.398 e. The van der Waals surface area contributed by atoms with Gasteiger partial charge in [-0.25, -0.2) is 12.8 Å². The zero-order valence-corrected chi connectivity index (χ0v) is 13.4. The van der Waals surface area contributed by atoms with Crippen molar-refractivity contribution in [1.29, 1.82) is 0 Å². The number of hydrogen-bond acceptors (Lipinski definition) is 4. The van der Waals surface area contributed by atoms with Crippen molar-refractivity contribution in [2.24, 2.45) is 0 Å². The molecular weight excluding hydrogens is 351 g/mol. The number of sulfonamides is 1. The molecular formula is C12H16BrFN2O3S. The average molecular weight is 367 g/mol. The summed E-state index contributed by atoms with van der Waals surface area (Å²) < 4.78 is 44.4. The maximum absolute atomic E-state index is 13.3. The van der Waals surface area contributed by atoms with Gasteiger partial charge in [0, 0.05) is 20.2 Å². The predicted octanol–water partition coefficient (Wildman–Crippen LogP) is 1.99. The molecule has 20 heavy (non-hydrogen) atoms. The second-order valence-corrected chi connectivity index (χ2v) is 6.71. The summed E-state index contributed by atoms with van der Waals surface area (Å²) in [5, 5.41) is 0. The van der Waals surface area contributed by atoms with Crippen LogP contribution < -0.4 is 5.73 Å². The van der Waals surface area contributed by atoms with Crippen molar-refractivity contribution in [2.45, 2.75) is 4.90 Å². The summed E-state index contributed by atoms with van der Waals surface area (Å²) in [6.45, 7) is 4.02. The van der Waals surface area contributed by atoms with E-state index in [4.69, 9.17) is 10.5 Å². The van der Waals surface area contributed by atoms with Crippen LogP contribution in [-0.2, 0) is 14.8 Å². The van der Waals surface area contributed by atoms with Crippen molar-refractivity contribution in [1.82, 2.24) is 4.31 Å². The zero-order valence-electron chi connectivity index (χ0n) is 11.0. The van der Waals surface area contributed by atoms with E-state index in [0.29, 0.717) is 0 Å². The number of nitrogens with two attached hydrogens (primary N) is 1. The summed E-state index contributed by atoms with van der Waals surface area (Å²) in [6, 6.07) is 2.13. The molecule has 8 heteroatoms. The molecule has 0 saturated heterocycles. The molecule has 2 N–H and O–H groups in total. The van der Waals surface area contributed by atoms with Crippen LogP contribution in [0.4, 0.5) is 10.1 Å². The third-order valence-corrected chi connectivity index (χ3v) is 5.08. The lowest BCUT2D eigenvalue weighted by atomic mass is 10.3. The molecule has 1 rings (SSSR count). The van der Waals surface area contributed by atoms with Crippen molar-refractivity contribution < 1.29 is 17.5 Å². The van der Waals surface area contributed by atoms with Gasteiger partial charge in [0.15, 0.2) is 0 Å². The minimum absolute atomic E-state index is 0.0376. The van der Waals surface area contributed by atoms with E-state index in [1.165, 1.54) is 17.5 Å². The van der Waals surface area contributed by atoms with Crippen molar-refractivity contribution in [3.63, 3.8) is 0 Å². The summed E-state index contributed by atoms with van der Waals surface area (Å²) in [4.78, 5) is -0.149. The van der Waals surface area contributed by atoms with Crippen molar-refractivity contribution in [3.8, 4) is 0 Å². The number of halogens is 2. The molecule has 0 aliphatic carbocycles. The SMILES string of the molecule is C=CCN(CCOC)S(=O)(=O)c1cc(Br)c(F)cc1N. The summed E-state index contributed by atoms with van der Waals surface area (Å²) >= 11 is 2.96. The van der Waals surface area contributed by atoms with E-state index < -0.39 is 15.8 Å². The number of nitrogens with zero attached hydrogens (tertiary/aromatic N) is 1. The first-order valence-electron chi connectivity index (χ1n) is 5.69. The molecule has 0 spiro atoms. The van der Waals surface area contributed by atoms with Crippen molar-refractivity contribution in [2.75, 3.05) is 32.5 Å². The highest BCUT2D eigenvalue weighted by Crippen LogP contribution is 2.28. The van der Waals surface area contributed by atoms with Gasteiger partial charge in [-0.05, 0) is 28.1 Å². The standard InChI is InChI=1S/C12H16BrFN2O3S/c1-3-4-16(5-6-19-2)20(17,18)12-7-9(13)10(14)8-11(12)15/h3,7-8H,1,4-6,15H2,2H3. The number of benzene rings is 1. The van der Waals surface area contributed by atoms with Crippen LogP contribution in [0, 0.1) is 5.82 Å². The monoisotopic (exact) mass is 366 g/mol. The number of anilines is 1. The Morgan fingerprint density at radius 1 is 1.55 bits per heavy atom. The van der Waals surface area contributed by atoms with Gasteiger partial charge < -0.3 is 10.5 Å². The van der Waals surface area contributed by atoms with E-state index in [0.717, 1.165) is 12.1 Å². The Labute approximate surface area is 126 Å². The molecule has 0 amide bonds. The van der Waals surface area contributed by atoms with E-state index in [-0.39, 0.29) is 34.8 Å². The lowest BCUT2D eigenvalue weighted by Crippen LogP contribution is -2.34. The molecule has 0 atom stereocenters. The highest BCUT2D eigenvalue weighted by atomic mass is 79.9. The van der Waals surface area contributed by atoms with Crippen LogP contribution in [0.25, 0.3) is 0 Å². The first-order valence-corrected chi connectivity index (χ1v) is 7.92. The molecule has 1 aromatic carbocycles. The Bertz CT molecular complexity index is 593. The number of rotatable bonds is 7. The number of hydrogen-bond donors (Lipinski definition) is 1. The van der Waals surface area contributed by atoms with Gasteiger partial charge >= 0.3 is 0 Å². The van der Waals surface area contributed by atoms with E-state index in [9.17, 15) is 12.8 Å². The van der Waals surface area contributed by atoms with Crippen molar-refractivity contribution >= 4 is 31.6 Å². The Morgan fingerprint density at radius 3 is 2.75 bits per heavy atom. The van der Waals surface area contributed by atoms with E-state index in [1.807, 2.05) is 0 Å². The van der Waals surface area contributed by atoms with Gasteiger partial charge in [0.1, 0.15) is 10.7 Å².